The van der Waals surface area contributed by atoms with Crippen LogP contribution in [0.2, 0.25) is 0 Å². The first kappa shape index (κ1) is 16.1. The molecule has 0 aliphatic heterocycles. The quantitative estimate of drug-likeness (QED) is 0.586. The second-order valence-corrected chi connectivity index (χ2v) is 6.44. The fraction of sp³-hybridized carbons (Fsp3) is 0.417. The van der Waals surface area contributed by atoms with Crippen LogP contribution in [-0.4, -0.2) is 30.7 Å². The summed E-state index contributed by atoms with van der Waals surface area (Å²) in [6.07, 6.45) is 0.107. The molecule has 0 N–H and O–H groups in total. The number of benzene rings is 1. The first-order chi connectivity index (χ1) is 9.27. The molecule has 0 spiro atoms. The maximum Gasteiger partial charge on any atom is 0.269 e. The highest BCUT2D eigenvalue weighted by Gasteiger charge is 2.23. The summed E-state index contributed by atoms with van der Waals surface area (Å²) in [5, 5.41) is 19.1. The molecule has 1 unspecified atom stereocenters. The van der Waals surface area contributed by atoms with Crippen LogP contribution in [-0.2, 0) is 15.8 Å². The Hall–Kier alpha value is -1.98. The Balaban J connectivity index is 2.86. The van der Waals surface area contributed by atoms with Crippen molar-refractivity contribution in [1.29, 1.82) is 5.26 Å². The molecule has 0 fully saturated rings. The van der Waals surface area contributed by atoms with Crippen molar-refractivity contribution in [3.63, 3.8) is 0 Å². The molecule has 0 radical (unpaired) electrons. The minimum absolute atomic E-state index is 0.0858. The molecule has 1 atom stereocenters. The van der Waals surface area contributed by atoms with Crippen LogP contribution in [0.1, 0.15) is 18.9 Å². The Bertz CT molecular complexity index is 619. The fourth-order valence-corrected chi connectivity index (χ4v) is 3.00. The standard InChI is InChI=1S/C12H15N3O4S/c1-10(7-8-13)14(2)20(18,19)9-11-3-5-12(6-4-11)15(16)17/h3-6,10H,7,9H2,1-2H3. The summed E-state index contributed by atoms with van der Waals surface area (Å²) >= 11 is 0. The van der Waals surface area contributed by atoms with E-state index in [1.165, 1.54) is 31.3 Å². The van der Waals surface area contributed by atoms with Gasteiger partial charge in [-0.3, -0.25) is 10.1 Å². The molecule has 0 aliphatic carbocycles. The summed E-state index contributed by atoms with van der Waals surface area (Å²) in [5.41, 5.74) is 0.379. The molecular weight excluding hydrogens is 282 g/mol. The van der Waals surface area contributed by atoms with Crippen LogP contribution < -0.4 is 0 Å². The van der Waals surface area contributed by atoms with Gasteiger partial charge in [0.2, 0.25) is 10.0 Å². The zero-order chi connectivity index (χ0) is 15.3. The number of rotatable bonds is 6. The second-order valence-electron chi connectivity index (χ2n) is 4.41. The topological polar surface area (TPSA) is 104 Å². The number of non-ortho nitro benzene ring substituents is 1. The van der Waals surface area contributed by atoms with Crippen LogP contribution in [0.25, 0.3) is 0 Å². The van der Waals surface area contributed by atoms with E-state index in [2.05, 4.69) is 0 Å². The third kappa shape index (κ3) is 4.01. The lowest BCUT2D eigenvalue weighted by atomic mass is 10.2. The van der Waals surface area contributed by atoms with Gasteiger partial charge in [-0.2, -0.15) is 5.26 Å². The second kappa shape index (κ2) is 6.45. The number of nitro benzene ring substituents is 1. The van der Waals surface area contributed by atoms with Crippen LogP contribution in [0.5, 0.6) is 0 Å². The molecule has 0 bridgehead atoms. The van der Waals surface area contributed by atoms with E-state index in [1.54, 1.807) is 6.92 Å². The number of nitriles is 1. The van der Waals surface area contributed by atoms with E-state index in [1.807, 2.05) is 6.07 Å². The highest BCUT2D eigenvalue weighted by molar-refractivity contribution is 7.88. The van der Waals surface area contributed by atoms with Gasteiger partial charge in [0.15, 0.2) is 0 Å². The van der Waals surface area contributed by atoms with E-state index in [0.717, 1.165) is 4.31 Å². The molecule has 108 valence electrons. The van der Waals surface area contributed by atoms with Crippen LogP contribution in [0.3, 0.4) is 0 Å². The van der Waals surface area contributed by atoms with E-state index in [4.69, 9.17) is 5.26 Å². The molecular formula is C12H15N3O4S. The largest absolute Gasteiger partial charge is 0.269 e. The monoisotopic (exact) mass is 297 g/mol. The molecule has 0 aliphatic rings. The third-order valence-electron chi connectivity index (χ3n) is 2.94. The SMILES string of the molecule is CC(CC#N)N(C)S(=O)(=O)Cc1ccc([N+](=O)[O-])cc1. The lowest BCUT2D eigenvalue weighted by Crippen LogP contribution is -2.35. The Labute approximate surface area is 117 Å². The number of hydrogen-bond donors (Lipinski definition) is 0. The molecule has 0 saturated carbocycles. The molecule has 7 nitrogen and oxygen atoms in total. The minimum Gasteiger partial charge on any atom is -0.258 e. The summed E-state index contributed by atoms with van der Waals surface area (Å²) in [6.45, 7) is 1.65. The Morgan fingerprint density at radius 3 is 2.40 bits per heavy atom. The van der Waals surface area contributed by atoms with Gasteiger partial charge in [-0.25, -0.2) is 12.7 Å². The predicted molar refractivity (Wildman–Crippen MR) is 73.2 cm³/mol. The van der Waals surface area contributed by atoms with Gasteiger partial charge in [0.05, 0.1) is 23.2 Å². The van der Waals surface area contributed by atoms with Crippen LogP contribution in [0.15, 0.2) is 24.3 Å². The third-order valence-corrected chi connectivity index (χ3v) is 4.88. The molecule has 1 aromatic rings. The van der Waals surface area contributed by atoms with Gasteiger partial charge < -0.3 is 0 Å². The maximum atomic E-state index is 12.1. The summed E-state index contributed by atoms with van der Waals surface area (Å²) in [7, 11) is -2.14. The van der Waals surface area contributed by atoms with E-state index in [-0.39, 0.29) is 17.9 Å². The molecule has 0 heterocycles. The number of hydrogen-bond acceptors (Lipinski definition) is 5. The van der Waals surface area contributed by atoms with Gasteiger partial charge in [-0.05, 0) is 12.5 Å². The van der Waals surface area contributed by atoms with Gasteiger partial charge in [0, 0.05) is 25.2 Å². The van der Waals surface area contributed by atoms with Crippen LogP contribution in [0, 0.1) is 21.4 Å². The smallest absolute Gasteiger partial charge is 0.258 e. The van der Waals surface area contributed by atoms with Gasteiger partial charge in [0.25, 0.3) is 5.69 Å². The lowest BCUT2D eigenvalue weighted by molar-refractivity contribution is -0.384. The molecule has 8 heteroatoms. The van der Waals surface area contributed by atoms with E-state index in [0.29, 0.717) is 5.56 Å². The molecule has 0 amide bonds. The molecule has 20 heavy (non-hydrogen) atoms. The van der Waals surface area contributed by atoms with Gasteiger partial charge in [-0.1, -0.05) is 12.1 Å². The fourth-order valence-electron chi connectivity index (χ4n) is 1.56. The number of nitro groups is 1. The van der Waals surface area contributed by atoms with Crippen molar-refractivity contribution in [2.75, 3.05) is 7.05 Å². The van der Waals surface area contributed by atoms with Crippen molar-refractivity contribution < 1.29 is 13.3 Å². The average Bonchev–Trinajstić information content (AvgIpc) is 2.38. The molecule has 0 saturated heterocycles. The maximum absolute atomic E-state index is 12.1. The normalized spacial score (nSPS) is 12.9. The van der Waals surface area contributed by atoms with Crippen molar-refractivity contribution >= 4 is 15.7 Å². The lowest BCUT2D eigenvalue weighted by Gasteiger charge is -2.22. The predicted octanol–water partition coefficient (Wildman–Crippen LogP) is 1.66. The average molecular weight is 297 g/mol. The van der Waals surface area contributed by atoms with Crippen LogP contribution >= 0.6 is 0 Å². The minimum atomic E-state index is -3.56. The first-order valence-electron chi connectivity index (χ1n) is 5.84. The Kier molecular flexibility index (Phi) is 5.19. The highest BCUT2D eigenvalue weighted by Crippen LogP contribution is 2.17. The summed E-state index contributed by atoms with van der Waals surface area (Å²) in [6, 6.07) is 6.87. The summed E-state index contributed by atoms with van der Waals surface area (Å²) in [4.78, 5) is 9.97. The van der Waals surface area contributed by atoms with Gasteiger partial charge >= 0.3 is 0 Å². The molecule has 1 aromatic carbocycles. The molecule has 0 aromatic heterocycles. The van der Waals surface area contributed by atoms with Crippen molar-refractivity contribution in [3.05, 3.63) is 39.9 Å². The first-order valence-corrected chi connectivity index (χ1v) is 7.45. The molecule has 1 rings (SSSR count). The van der Waals surface area contributed by atoms with Gasteiger partial charge in [0.1, 0.15) is 0 Å². The van der Waals surface area contributed by atoms with E-state index >= 15 is 0 Å². The zero-order valence-electron chi connectivity index (χ0n) is 11.2. The summed E-state index contributed by atoms with van der Waals surface area (Å²) in [5.74, 6) is -0.253. The Morgan fingerprint density at radius 1 is 1.40 bits per heavy atom. The van der Waals surface area contributed by atoms with Crippen LogP contribution in [0.4, 0.5) is 5.69 Å². The van der Waals surface area contributed by atoms with Crippen molar-refractivity contribution in [2.45, 2.75) is 25.1 Å². The number of sulfonamides is 1. The van der Waals surface area contributed by atoms with E-state index < -0.39 is 21.0 Å². The number of nitrogens with zero attached hydrogens (tertiary/aromatic N) is 3. The zero-order valence-corrected chi connectivity index (χ0v) is 12.0. The van der Waals surface area contributed by atoms with Crippen molar-refractivity contribution in [3.8, 4) is 6.07 Å². The van der Waals surface area contributed by atoms with Crippen molar-refractivity contribution in [1.82, 2.24) is 4.31 Å². The van der Waals surface area contributed by atoms with Crippen molar-refractivity contribution in [2.24, 2.45) is 0 Å². The highest BCUT2D eigenvalue weighted by atomic mass is 32.2. The Morgan fingerprint density at radius 2 is 1.95 bits per heavy atom. The summed E-state index contributed by atoms with van der Waals surface area (Å²) < 4.78 is 25.4. The van der Waals surface area contributed by atoms with E-state index in [9.17, 15) is 18.5 Å². The van der Waals surface area contributed by atoms with Gasteiger partial charge in [-0.15, -0.1) is 0 Å².